The van der Waals surface area contributed by atoms with Crippen LogP contribution in [-0.2, 0) is 0 Å². The minimum absolute atomic E-state index is 0.564. The Labute approximate surface area is 122 Å². The maximum Gasteiger partial charge on any atom is 0.139 e. The third-order valence-corrected chi connectivity index (χ3v) is 3.42. The second-order valence-electron chi connectivity index (χ2n) is 4.86. The Bertz CT molecular complexity index is 765. The molecule has 0 bridgehead atoms. The molecule has 0 radical (unpaired) electrons. The number of nitrogens with zero attached hydrogens (tertiary/aromatic N) is 1. The normalized spacial score (nSPS) is 12.3. The summed E-state index contributed by atoms with van der Waals surface area (Å²) in [7, 11) is 1.60. The first-order valence-corrected chi connectivity index (χ1v) is 6.74. The summed E-state index contributed by atoms with van der Waals surface area (Å²) in [5, 5.41) is 14.1. The number of hydrogen-bond donors (Lipinski definition) is 3. The second-order valence-corrected chi connectivity index (χ2v) is 4.86. The fourth-order valence-corrected chi connectivity index (χ4v) is 2.36. The van der Waals surface area contributed by atoms with Crippen LogP contribution in [0.15, 0.2) is 42.7 Å². The molecule has 0 spiro atoms. The fraction of sp³-hybridized carbons (Fsp3) is 0.188. The zero-order chi connectivity index (χ0) is 14.8. The van der Waals surface area contributed by atoms with Crippen molar-refractivity contribution >= 4 is 22.4 Å². The van der Waals surface area contributed by atoms with Crippen molar-refractivity contribution in [2.45, 2.75) is 13.0 Å². The summed E-state index contributed by atoms with van der Waals surface area (Å²) >= 11 is 0. The maximum atomic E-state index is 9.72. The lowest BCUT2D eigenvalue weighted by molar-refractivity contribution is 0.194. The lowest BCUT2D eigenvalue weighted by Crippen LogP contribution is -1.98. The van der Waals surface area contributed by atoms with Crippen molar-refractivity contribution in [2.24, 2.45) is 0 Å². The molecule has 0 aliphatic heterocycles. The first-order chi connectivity index (χ1) is 10.2. The van der Waals surface area contributed by atoms with Gasteiger partial charge in [0.05, 0.1) is 18.9 Å². The van der Waals surface area contributed by atoms with Gasteiger partial charge in [0.25, 0.3) is 0 Å². The van der Waals surface area contributed by atoms with E-state index in [9.17, 15) is 5.11 Å². The van der Waals surface area contributed by atoms with Crippen molar-refractivity contribution in [1.82, 2.24) is 9.97 Å². The molecule has 0 aliphatic carbocycles. The highest BCUT2D eigenvalue weighted by Crippen LogP contribution is 2.31. The highest BCUT2D eigenvalue weighted by molar-refractivity contribution is 5.91. The number of aromatic amines is 1. The van der Waals surface area contributed by atoms with Gasteiger partial charge in [-0.05, 0) is 25.1 Å². The van der Waals surface area contributed by atoms with Gasteiger partial charge in [-0.3, -0.25) is 0 Å². The Kier molecular flexibility index (Phi) is 3.50. The smallest absolute Gasteiger partial charge is 0.139 e. The molecule has 1 atom stereocenters. The van der Waals surface area contributed by atoms with Crippen LogP contribution in [0.25, 0.3) is 11.0 Å². The molecule has 1 aromatic carbocycles. The Morgan fingerprint density at radius 2 is 2.14 bits per heavy atom. The Morgan fingerprint density at radius 3 is 2.90 bits per heavy atom. The third kappa shape index (κ3) is 2.55. The van der Waals surface area contributed by atoms with E-state index >= 15 is 0 Å². The van der Waals surface area contributed by atoms with Crippen molar-refractivity contribution in [3.05, 3.63) is 48.3 Å². The summed E-state index contributed by atoms with van der Waals surface area (Å²) in [6.45, 7) is 1.72. The molecule has 0 saturated heterocycles. The number of aliphatic hydroxyl groups is 1. The minimum Gasteiger partial charge on any atom is -0.496 e. The van der Waals surface area contributed by atoms with Crippen LogP contribution in [0.5, 0.6) is 5.75 Å². The van der Waals surface area contributed by atoms with Gasteiger partial charge < -0.3 is 20.1 Å². The number of pyridine rings is 1. The van der Waals surface area contributed by atoms with E-state index in [1.807, 2.05) is 36.5 Å². The Morgan fingerprint density at radius 1 is 1.29 bits per heavy atom. The van der Waals surface area contributed by atoms with Crippen molar-refractivity contribution < 1.29 is 9.84 Å². The number of H-pyrrole nitrogens is 1. The molecule has 1 unspecified atom stereocenters. The van der Waals surface area contributed by atoms with Crippen molar-refractivity contribution in [3.8, 4) is 5.75 Å². The van der Waals surface area contributed by atoms with Gasteiger partial charge >= 0.3 is 0 Å². The summed E-state index contributed by atoms with van der Waals surface area (Å²) in [4.78, 5) is 7.34. The molecular weight excluding hydrogens is 266 g/mol. The molecule has 2 aromatic heterocycles. The summed E-state index contributed by atoms with van der Waals surface area (Å²) < 4.78 is 5.34. The van der Waals surface area contributed by atoms with Crippen LogP contribution >= 0.6 is 0 Å². The van der Waals surface area contributed by atoms with E-state index in [4.69, 9.17) is 4.74 Å². The van der Waals surface area contributed by atoms with Gasteiger partial charge in [-0.2, -0.15) is 0 Å². The van der Waals surface area contributed by atoms with Gasteiger partial charge in [0, 0.05) is 35.1 Å². The van der Waals surface area contributed by atoms with Gasteiger partial charge in [-0.15, -0.1) is 0 Å². The molecule has 0 amide bonds. The second kappa shape index (κ2) is 5.46. The molecule has 3 aromatic rings. The number of ether oxygens (including phenoxy) is 1. The highest BCUT2D eigenvalue weighted by Gasteiger charge is 2.10. The Hall–Kier alpha value is -2.53. The van der Waals surface area contributed by atoms with Crippen LogP contribution in [0, 0.1) is 0 Å². The number of fused-ring (bicyclic) bond motifs is 1. The number of anilines is 2. The number of methoxy groups -OCH3 is 1. The summed E-state index contributed by atoms with van der Waals surface area (Å²) in [5.41, 5.74) is 3.47. The molecule has 3 N–H and O–H groups in total. The number of hydrogen-bond acceptors (Lipinski definition) is 4. The molecule has 0 aliphatic rings. The Balaban J connectivity index is 1.96. The predicted octanol–water partition coefficient (Wildman–Crippen LogP) is 3.37. The SMILES string of the molecule is COc1cc(Nc2ccnc3[nH]ccc23)ccc1C(C)O. The van der Waals surface area contributed by atoms with Crippen LogP contribution in [0.4, 0.5) is 11.4 Å². The lowest BCUT2D eigenvalue weighted by Gasteiger charge is -2.14. The zero-order valence-electron chi connectivity index (χ0n) is 11.9. The largest absolute Gasteiger partial charge is 0.496 e. The number of aliphatic hydroxyl groups excluding tert-OH is 1. The number of rotatable bonds is 4. The van der Waals surface area contributed by atoms with Gasteiger partial charge in [0.15, 0.2) is 0 Å². The van der Waals surface area contributed by atoms with E-state index < -0.39 is 6.10 Å². The minimum atomic E-state index is -0.564. The van der Waals surface area contributed by atoms with E-state index in [-0.39, 0.29) is 0 Å². The van der Waals surface area contributed by atoms with Crippen LogP contribution < -0.4 is 10.1 Å². The van der Waals surface area contributed by atoms with Gasteiger partial charge in [-0.1, -0.05) is 6.07 Å². The standard InChI is InChI=1S/C16H17N3O2/c1-10(20)12-4-3-11(9-15(12)21-2)19-14-6-8-18-16-13(14)5-7-17-16/h3-10,20H,1-2H3,(H2,17,18,19). The van der Waals surface area contributed by atoms with Gasteiger partial charge in [-0.25, -0.2) is 4.98 Å². The van der Waals surface area contributed by atoms with E-state index in [2.05, 4.69) is 15.3 Å². The molecule has 108 valence electrons. The molecular formula is C16H17N3O2. The quantitative estimate of drug-likeness (QED) is 0.686. The van der Waals surface area contributed by atoms with Crippen molar-refractivity contribution in [3.63, 3.8) is 0 Å². The van der Waals surface area contributed by atoms with Gasteiger partial charge in [0.2, 0.25) is 0 Å². The van der Waals surface area contributed by atoms with Crippen molar-refractivity contribution in [1.29, 1.82) is 0 Å². The third-order valence-electron chi connectivity index (χ3n) is 3.42. The van der Waals surface area contributed by atoms with Crippen LogP contribution in [-0.4, -0.2) is 22.2 Å². The molecule has 21 heavy (non-hydrogen) atoms. The molecule has 3 rings (SSSR count). The number of nitrogens with one attached hydrogen (secondary N) is 2. The van der Waals surface area contributed by atoms with Crippen molar-refractivity contribution in [2.75, 3.05) is 12.4 Å². The number of benzene rings is 1. The summed E-state index contributed by atoms with van der Waals surface area (Å²) in [5.74, 6) is 0.661. The van der Waals surface area contributed by atoms with E-state index in [1.54, 1.807) is 20.2 Å². The summed E-state index contributed by atoms with van der Waals surface area (Å²) in [6, 6.07) is 9.56. The van der Waals surface area contributed by atoms with E-state index in [0.717, 1.165) is 28.0 Å². The van der Waals surface area contributed by atoms with Crippen LogP contribution in [0.3, 0.4) is 0 Å². The first-order valence-electron chi connectivity index (χ1n) is 6.74. The first kappa shape index (κ1) is 13.5. The molecule has 5 heteroatoms. The van der Waals surface area contributed by atoms with Crippen LogP contribution in [0.1, 0.15) is 18.6 Å². The van der Waals surface area contributed by atoms with Gasteiger partial charge in [0.1, 0.15) is 11.4 Å². The molecule has 5 nitrogen and oxygen atoms in total. The highest BCUT2D eigenvalue weighted by atomic mass is 16.5. The summed E-state index contributed by atoms with van der Waals surface area (Å²) in [6.07, 6.45) is 3.05. The molecule has 0 fully saturated rings. The number of aromatic nitrogens is 2. The fourth-order valence-electron chi connectivity index (χ4n) is 2.36. The van der Waals surface area contributed by atoms with E-state index in [1.165, 1.54) is 0 Å². The van der Waals surface area contributed by atoms with Crippen LogP contribution in [0.2, 0.25) is 0 Å². The zero-order valence-corrected chi connectivity index (χ0v) is 11.9. The maximum absolute atomic E-state index is 9.72. The average molecular weight is 283 g/mol. The molecule has 2 heterocycles. The van der Waals surface area contributed by atoms with E-state index in [0.29, 0.717) is 5.75 Å². The lowest BCUT2D eigenvalue weighted by atomic mass is 10.1. The molecule has 0 saturated carbocycles. The predicted molar refractivity (Wildman–Crippen MR) is 83.0 cm³/mol. The topological polar surface area (TPSA) is 70.2 Å². The average Bonchev–Trinajstić information content (AvgIpc) is 2.96. The monoisotopic (exact) mass is 283 g/mol.